The zero-order valence-corrected chi connectivity index (χ0v) is 35.0. The summed E-state index contributed by atoms with van der Waals surface area (Å²) in [6, 6.07) is 7.33. The highest BCUT2D eigenvalue weighted by atomic mass is 16.4. The Bertz CT molecular complexity index is 2000. The van der Waals surface area contributed by atoms with Crippen LogP contribution in [0.4, 0.5) is 0 Å². The lowest BCUT2D eigenvalue weighted by atomic mass is 10.0. The van der Waals surface area contributed by atoms with Crippen LogP contribution in [0.15, 0.2) is 60.7 Å². The summed E-state index contributed by atoms with van der Waals surface area (Å²) in [5.41, 5.74) is 1.07. The molecule has 0 bridgehead atoms. The number of hydrogen-bond acceptors (Lipinski definition) is 11. The molecule has 4 rings (SSSR count). The molecule has 10 N–H and O–H groups in total. The number of carbonyl (C=O) groups excluding carboxylic acids is 6. The first kappa shape index (κ1) is 49.8. The largest absolute Gasteiger partial charge is 0.481 e. The number of carbonyl (C=O) groups is 10. The maximum absolute atomic E-state index is 14.2. The lowest BCUT2D eigenvalue weighted by Crippen LogP contribution is -2.60. The molecule has 21 heteroatoms. The van der Waals surface area contributed by atoms with Crippen molar-refractivity contribution < 1.29 is 68.4 Å². The standard InChI is InChI=1S/C43H55N7O14/c51-34(52)18-15-28(45-37(57)27-13-7-21-44-27)38(58)48-31(23-25-9-3-1-4-10-25)40(60)46-29(16-19-35(53)54)39(59)49-32(24-26-11-5-2-6-12-26)41(61)47-30(17-20-36(55)56)42(62)50-22-8-14-33(50)43(63)64/h1-6,9-12,27-33,44H,7-8,13-24H2,(H,45,57)(H,46,60)(H,47,61)(H,48,58)(H,49,59)(H,51,52)(H,53,54)(H,55,56)(H,63,64)/t27-,28-,29-,30-,31-,32-,33-/m0/s1. The summed E-state index contributed by atoms with van der Waals surface area (Å²) in [6.07, 6.45) is -1.65. The van der Waals surface area contributed by atoms with E-state index >= 15 is 0 Å². The highest BCUT2D eigenvalue weighted by Crippen LogP contribution is 2.20. The zero-order chi connectivity index (χ0) is 46.8. The van der Waals surface area contributed by atoms with Gasteiger partial charge in [-0.15, -0.1) is 0 Å². The number of carboxylic acid groups (broad SMARTS) is 4. The molecule has 64 heavy (non-hydrogen) atoms. The van der Waals surface area contributed by atoms with E-state index < -0.39 is 134 Å². The van der Waals surface area contributed by atoms with Gasteiger partial charge in [0.25, 0.3) is 0 Å². The average molecular weight is 894 g/mol. The molecule has 346 valence electrons. The molecule has 0 unspecified atom stereocenters. The Morgan fingerprint density at radius 1 is 0.547 bits per heavy atom. The summed E-state index contributed by atoms with van der Waals surface area (Å²) in [6.45, 7) is 0.615. The topological polar surface area (TPSA) is 327 Å². The first-order valence-electron chi connectivity index (χ1n) is 21.0. The number of carboxylic acids is 4. The van der Waals surface area contributed by atoms with Crippen molar-refractivity contribution in [3.8, 4) is 0 Å². The molecule has 2 aliphatic rings. The molecular formula is C43H55N7O14. The van der Waals surface area contributed by atoms with Crippen LogP contribution in [-0.4, -0.2) is 140 Å². The summed E-state index contributed by atoms with van der Waals surface area (Å²) in [7, 11) is 0. The Morgan fingerprint density at radius 3 is 1.41 bits per heavy atom. The van der Waals surface area contributed by atoms with Gasteiger partial charge in [0.05, 0.1) is 6.04 Å². The van der Waals surface area contributed by atoms with Crippen molar-refractivity contribution in [2.24, 2.45) is 0 Å². The highest BCUT2D eigenvalue weighted by molar-refractivity contribution is 5.97. The van der Waals surface area contributed by atoms with Gasteiger partial charge in [-0.1, -0.05) is 60.7 Å². The van der Waals surface area contributed by atoms with E-state index in [9.17, 15) is 68.4 Å². The number of amides is 6. The van der Waals surface area contributed by atoms with Crippen LogP contribution in [0.5, 0.6) is 0 Å². The molecule has 2 heterocycles. The predicted octanol–water partition coefficient (Wildman–Crippen LogP) is -0.682. The second kappa shape index (κ2) is 24.7. The van der Waals surface area contributed by atoms with Gasteiger partial charge in [-0.3, -0.25) is 43.2 Å². The smallest absolute Gasteiger partial charge is 0.326 e. The van der Waals surface area contributed by atoms with Crippen LogP contribution in [0.3, 0.4) is 0 Å². The molecule has 6 amide bonds. The zero-order valence-electron chi connectivity index (χ0n) is 35.0. The molecule has 0 spiro atoms. The second-order valence-corrected chi connectivity index (χ2v) is 15.7. The van der Waals surface area contributed by atoms with Crippen molar-refractivity contribution in [2.75, 3.05) is 13.1 Å². The van der Waals surface area contributed by atoms with Crippen molar-refractivity contribution in [1.82, 2.24) is 36.8 Å². The third kappa shape index (κ3) is 15.8. The van der Waals surface area contributed by atoms with E-state index in [4.69, 9.17) is 0 Å². The van der Waals surface area contributed by atoms with Crippen LogP contribution in [0.1, 0.15) is 75.3 Å². The van der Waals surface area contributed by atoms with Crippen molar-refractivity contribution in [2.45, 2.75) is 119 Å². The first-order valence-corrected chi connectivity index (χ1v) is 21.0. The summed E-state index contributed by atoms with van der Waals surface area (Å²) in [5.74, 6) is -10.4. The van der Waals surface area contributed by atoms with E-state index in [0.29, 0.717) is 36.9 Å². The van der Waals surface area contributed by atoms with E-state index in [1.165, 1.54) is 0 Å². The van der Waals surface area contributed by atoms with E-state index in [1.54, 1.807) is 60.7 Å². The van der Waals surface area contributed by atoms with Crippen molar-refractivity contribution >= 4 is 59.3 Å². The number of hydrogen-bond donors (Lipinski definition) is 10. The van der Waals surface area contributed by atoms with Gasteiger partial charge in [0.1, 0.15) is 36.3 Å². The number of benzene rings is 2. The van der Waals surface area contributed by atoms with Gasteiger partial charge >= 0.3 is 23.9 Å². The molecule has 0 radical (unpaired) electrons. The van der Waals surface area contributed by atoms with Crippen molar-refractivity contribution in [1.29, 1.82) is 0 Å². The number of nitrogens with one attached hydrogen (secondary N) is 6. The predicted molar refractivity (Wildman–Crippen MR) is 224 cm³/mol. The molecule has 2 aromatic carbocycles. The Balaban J connectivity index is 1.61. The van der Waals surface area contributed by atoms with Crippen LogP contribution in [-0.2, 0) is 60.8 Å². The molecule has 0 saturated carbocycles. The summed E-state index contributed by atoms with van der Waals surface area (Å²) < 4.78 is 0. The lowest BCUT2D eigenvalue weighted by molar-refractivity contribution is -0.150. The quantitative estimate of drug-likeness (QED) is 0.0590. The molecule has 21 nitrogen and oxygen atoms in total. The third-order valence-corrected chi connectivity index (χ3v) is 10.9. The molecule has 2 aliphatic heterocycles. The number of rotatable bonds is 25. The summed E-state index contributed by atoms with van der Waals surface area (Å²) in [4.78, 5) is 131. The minimum Gasteiger partial charge on any atom is -0.481 e. The molecule has 2 saturated heterocycles. The number of nitrogens with zero attached hydrogens (tertiary/aromatic N) is 1. The molecular weight excluding hydrogens is 839 g/mol. The van der Waals surface area contributed by atoms with E-state index in [-0.39, 0.29) is 32.2 Å². The van der Waals surface area contributed by atoms with Crippen LogP contribution in [0.2, 0.25) is 0 Å². The normalized spacial score (nSPS) is 18.0. The molecule has 2 aromatic rings. The van der Waals surface area contributed by atoms with Crippen molar-refractivity contribution in [3.05, 3.63) is 71.8 Å². The fourth-order valence-corrected chi connectivity index (χ4v) is 7.47. The van der Waals surface area contributed by atoms with Crippen molar-refractivity contribution in [3.63, 3.8) is 0 Å². The summed E-state index contributed by atoms with van der Waals surface area (Å²) >= 11 is 0. The van der Waals surface area contributed by atoms with Gasteiger partial charge in [-0.05, 0) is 62.6 Å². The second-order valence-electron chi connectivity index (χ2n) is 15.7. The maximum Gasteiger partial charge on any atom is 0.326 e. The highest BCUT2D eigenvalue weighted by Gasteiger charge is 2.39. The minimum absolute atomic E-state index is 0.0473. The van der Waals surface area contributed by atoms with E-state index in [1.807, 2.05) is 0 Å². The number of likely N-dealkylation sites (tertiary alicyclic amines) is 1. The molecule has 0 aromatic heterocycles. The van der Waals surface area contributed by atoms with Crippen LogP contribution < -0.4 is 31.9 Å². The Morgan fingerprint density at radius 2 is 0.969 bits per heavy atom. The van der Waals surface area contributed by atoms with Gasteiger partial charge in [-0.25, -0.2) is 4.79 Å². The summed E-state index contributed by atoms with van der Waals surface area (Å²) in [5, 5.41) is 53.7. The lowest BCUT2D eigenvalue weighted by Gasteiger charge is -2.29. The Hall–Kier alpha value is -6.90. The van der Waals surface area contributed by atoms with Gasteiger partial charge < -0.3 is 57.2 Å². The van der Waals surface area contributed by atoms with E-state index in [2.05, 4.69) is 31.9 Å². The minimum atomic E-state index is -1.65. The van der Waals surface area contributed by atoms with Gasteiger partial charge in [0.2, 0.25) is 35.4 Å². The molecule has 0 aliphatic carbocycles. The van der Waals surface area contributed by atoms with Crippen LogP contribution in [0.25, 0.3) is 0 Å². The fraction of sp³-hybridized carbons (Fsp3) is 0.488. The average Bonchev–Trinajstić information content (AvgIpc) is 3.99. The van der Waals surface area contributed by atoms with Gasteiger partial charge in [-0.2, -0.15) is 0 Å². The third-order valence-electron chi connectivity index (χ3n) is 10.9. The van der Waals surface area contributed by atoms with Gasteiger partial charge in [0, 0.05) is 38.6 Å². The van der Waals surface area contributed by atoms with Gasteiger partial charge in [0.15, 0.2) is 0 Å². The first-order chi connectivity index (χ1) is 30.5. The molecule has 7 atom stereocenters. The Kier molecular flexibility index (Phi) is 19.2. The maximum atomic E-state index is 14.2. The van der Waals surface area contributed by atoms with Crippen LogP contribution >= 0.6 is 0 Å². The van der Waals surface area contributed by atoms with E-state index in [0.717, 1.165) is 4.90 Å². The monoisotopic (exact) mass is 893 g/mol. The fourth-order valence-electron chi connectivity index (χ4n) is 7.47. The molecule has 2 fully saturated rings. The SMILES string of the molecule is O=C(O)CC[C@H](NC(=O)[C@@H]1CCCN1)C(=O)N[C@@H](Cc1ccccc1)C(=O)N[C@@H](CCC(=O)O)C(=O)N[C@@H](Cc1ccccc1)C(=O)N[C@@H](CCC(=O)O)C(=O)N1CCC[C@H]1C(=O)O. The van der Waals surface area contributed by atoms with Crippen LogP contribution in [0, 0.1) is 0 Å². The Labute approximate surface area is 368 Å². The number of aliphatic carboxylic acids is 4.